The molecule has 7 heteroatoms. The fraction of sp³-hybridized carbons (Fsp3) is 0.500. The molecule has 5 nitrogen and oxygen atoms in total. The number of benzene rings is 1. The van der Waals surface area contributed by atoms with Gasteiger partial charge in [-0.2, -0.15) is 0 Å². The summed E-state index contributed by atoms with van der Waals surface area (Å²) < 4.78 is 17.6. The van der Waals surface area contributed by atoms with Crippen molar-refractivity contribution in [3.05, 3.63) is 35.6 Å². The van der Waals surface area contributed by atoms with Crippen LogP contribution in [0.3, 0.4) is 0 Å². The Hall–Kier alpha value is -1.38. The Labute approximate surface area is 154 Å². The average molecular weight is 437 g/mol. The van der Waals surface area contributed by atoms with E-state index in [0.717, 1.165) is 31.4 Å². The number of aliphatic imine (C=N–C) groups is 1. The molecule has 0 bridgehead atoms. The van der Waals surface area contributed by atoms with Gasteiger partial charge in [0.2, 0.25) is 0 Å². The first-order chi connectivity index (χ1) is 10.7. The lowest BCUT2D eigenvalue weighted by molar-refractivity contribution is -0.140. The number of hydrogen-bond donors (Lipinski definition) is 2. The minimum Gasteiger partial charge on any atom is -0.469 e. The molecule has 1 rings (SSSR count). The Morgan fingerprint density at radius 3 is 2.65 bits per heavy atom. The van der Waals surface area contributed by atoms with Crippen molar-refractivity contribution in [2.45, 2.75) is 25.7 Å². The van der Waals surface area contributed by atoms with Crippen LogP contribution < -0.4 is 10.6 Å². The number of hydrogen-bond acceptors (Lipinski definition) is 3. The summed E-state index contributed by atoms with van der Waals surface area (Å²) in [7, 11) is 3.09. The molecule has 1 aromatic rings. The van der Waals surface area contributed by atoms with Gasteiger partial charge >= 0.3 is 5.97 Å². The molecule has 0 amide bonds. The number of nitrogens with zero attached hydrogens (tertiary/aromatic N) is 1. The van der Waals surface area contributed by atoms with Gasteiger partial charge in [-0.25, -0.2) is 4.39 Å². The Kier molecular flexibility index (Phi) is 12.3. The molecule has 0 aliphatic rings. The van der Waals surface area contributed by atoms with E-state index < -0.39 is 0 Å². The first-order valence-electron chi connectivity index (χ1n) is 7.41. The number of carbonyl (C=O) groups excluding carboxylic acids is 1. The van der Waals surface area contributed by atoms with Crippen molar-refractivity contribution in [2.75, 3.05) is 27.2 Å². The highest BCUT2D eigenvalue weighted by Gasteiger charge is 2.01. The topological polar surface area (TPSA) is 62.7 Å². The van der Waals surface area contributed by atoms with E-state index in [1.807, 2.05) is 6.07 Å². The summed E-state index contributed by atoms with van der Waals surface area (Å²) in [5.74, 6) is 0.303. The maximum absolute atomic E-state index is 13.1. The van der Waals surface area contributed by atoms with Crippen molar-refractivity contribution >= 4 is 35.9 Å². The van der Waals surface area contributed by atoms with E-state index >= 15 is 0 Å². The predicted molar refractivity (Wildman–Crippen MR) is 101 cm³/mol. The van der Waals surface area contributed by atoms with Crippen molar-refractivity contribution in [3.8, 4) is 0 Å². The molecule has 0 unspecified atom stereocenters. The molecule has 130 valence electrons. The third kappa shape index (κ3) is 10.1. The third-order valence-electron chi connectivity index (χ3n) is 3.15. The number of esters is 1. The number of halogens is 2. The Bertz CT molecular complexity index is 498. The quantitative estimate of drug-likeness (QED) is 0.216. The molecule has 2 N–H and O–H groups in total. The summed E-state index contributed by atoms with van der Waals surface area (Å²) in [5.41, 5.74) is 0.945. The van der Waals surface area contributed by atoms with Crippen LogP contribution in [0.4, 0.5) is 4.39 Å². The SMILES string of the molecule is CN=C(NCCCCC(=O)OC)NCCc1cccc(F)c1.I. The summed E-state index contributed by atoms with van der Waals surface area (Å²) in [6, 6.07) is 6.57. The molecule has 0 saturated heterocycles. The van der Waals surface area contributed by atoms with Crippen LogP contribution in [0.15, 0.2) is 29.3 Å². The first-order valence-corrected chi connectivity index (χ1v) is 7.41. The molecule has 1 aromatic carbocycles. The van der Waals surface area contributed by atoms with Crippen LogP contribution in [0.2, 0.25) is 0 Å². The molecule has 23 heavy (non-hydrogen) atoms. The number of nitrogens with one attached hydrogen (secondary N) is 2. The van der Waals surface area contributed by atoms with Gasteiger partial charge in [-0.3, -0.25) is 9.79 Å². The van der Waals surface area contributed by atoms with Gasteiger partial charge in [0, 0.05) is 26.6 Å². The summed E-state index contributed by atoms with van der Waals surface area (Å²) in [5, 5.41) is 6.34. The zero-order valence-electron chi connectivity index (χ0n) is 13.6. The highest BCUT2D eigenvalue weighted by Crippen LogP contribution is 2.03. The number of guanidine groups is 1. The summed E-state index contributed by atoms with van der Waals surface area (Å²) in [4.78, 5) is 15.1. The van der Waals surface area contributed by atoms with Crippen LogP contribution in [-0.2, 0) is 16.0 Å². The third-order valence-corrected chi connectivity index (χ3v) is 3.15. The standard InChI is InChI=1S/C16H24FN3O2.HI/c1-18-16(19-10-4-3-8-15(21)22-2)20-11-9-13-6-5-7-14(17)12-13;/h5-7,12H,3-4,8-11H2,1-2H3,(H2,18,19,20);1H. The van der Waals surface area contributed by atoms with E-state index in [4.69, 9.17) is 0 Å². The minimum absolute atomic E-state index is 0. The first kappa shape index (κ1) is 21.6. The second-order valence-corrected chi connectivity index (χ2v) is 4.84. The summed E-state index contributed by atoms with van der Waals surface area (Å²) in [6.45, 7) is 1.40. The average Bonchev–Trinajstić information content (AvgIpc) is 2.52. The van der Waals surface area contributed by atoms with Crippen LogP contribution in [0.5, 0.6) is 0 Å². The molecule has 0 spiro atoms. The summed E-state index contributed by atoms with van der Waals surface area (Å²) >= 11 is 0. The number of unbranched alkanes of at least 4 members (excludes halogenated alkanes) is 1. The molecule has 0 aliphatic heterocycles. The maximum Gasteiger partial charge on any atom is 0.305 e. The summed E-state index contributed by atoms with van der Waals surface area (Å²) in [6.07, 6.45) is 2.80. The number of rotatable bonds is 8. The highest BCUT2D eigenvalue weighted by molar-refractivity contribution is 14.0. The Balaban J connectivity index is 0.00000484. The van der Waals surface area contributed by atoms with Gasteiger partial charge in [-0.15, -0.1) is 24.0 Å². The zero-order chi connectivity index (χ0) is 16.2. The van der Waals surface area contributed by atoms with Gasteiger partial charge in [0.1, 0.15) is 5.82 Å². The largest absolute Gasteiger partial charge is 0.469 e. The molecule has 0 atom stereocenters. The maximum atomic E-state index is 13.1. The minimum atomic E-state index is -0.217. The monoisotopic (exact) mass is 437 g/mol. The van der Waals surface area contributed by atoms with Gasteiger partial charge in [-0.1, -0.05) is 12.1 Å². The smallest absolute Gasteiger partial charge is 0.305 e. The van der Waals surface area contributed by atoms with E-state index in [0.29, 0.717) is 18.9 Å². The van der Waals surface area contributed by atoms with Crippen molar-refractivity contribution in [1.29, 1.82) is 0 Å². The van der Waals surface area contributed by atoms with Crippen LogP contribution in [0, 0.1) is 5.82 Å². The number of methoxy groups -OCH3 is 1. The number of ether oxygens (including phenoxy) is 1. The molecular formula is C16H25FIN3O2. The number of carbonyl (C=O) groups is 1. The molecule has 0 aromatic heterocycles. The highest BCUT2D eigenvalue weighted by atomic mass is 127. The van der Waals surface area contributed by atoms with Crippen molar-refractivity contribution in [1.82, 2.24) is 10.6 Å². The van der Waals surface area contributed by atoms with Gasteiger partial charge in [0.05, 0.1) is 7.11 Å². The predicted octanol–water partition coefficient (Wildman–Crippen LogP) is 2.49. The second kappa shape index (κ2) is 13.1. The van der Waals surface area contributed by atoms with Crippen molar-refractivity contribution < 1.29 is 13.9 Å². The van der Waals surface area contributed by atoms with E-state index in [1.165, 1.54) is 19.2 Å². The van der Waals surface area contributed by atoms with Crippen LogP contribution >= 0.6 is 24.0 Å². The second-order valence-electron chi connectivity index (χ2n) is 4.84. The van der Waals surface area contributed by atoms with E-state index in [1.54, 1.807) is 13.1 Å². The zero-order valence-corrected chi connectivity index (χ0v) is 15.9. The Morgan fingerprint density at radius 2 is 2.00 bits per heavy atom. The van der Waals surface area contributed by atoms with Crippen LogP contribution in [0.25, 0.3) is 0 Å². The van der Waals surface area contributed by atoms with E-state index in [9.17, 15) is 9.18 Å². The van der Waals surface area contributed by atoms with E-state index in [2.05, 4.69) is 20.4 Å². The van der Waals surface area contributed by atoms with Crippen LogP contribution in [0.1, 0.15) is 24.8 Å². The molecule has 0 aliphatic carbocycles. The molecule has 0 radical (unpaired) electrons. The molecule has 0 heterocycles. The molecule has 0 fully saturated rings. The lowest BCUT2D eigenvalue weighted by Crippen LogP contribution is -2.38. The van der Waals surface area contributed by atoms with Crippen molar-refractivity contribution in [3.63, 3.8) is 0 Å². The fourth-order valence-electron chi connectivity index (χ4n) is 1.94. The molecular weight excluding hydrogens is 412 g/mol. The van der Waals surface area contributed by atoms with Crippen molar-refractivity contribution in [2.24, 2.45) is 4.99 Å². The normalized spacial score (nSPS) is 10.7. The Morgan fingerprint density at radius 1 is 1.26 bits per heavy atom. The fourth-order valence-corrected chi connectivity index (χ4v) is 1.94. The van der Waals surface area contributed by atoms with Gasteiger partial charge in [0.15, 0.2) is 5.96 Å². The van der Waals surface area contributed by atoms with Gasteiger partial charge < -0.3 is 15.4 Å². The van der Waals surface area contributed by atoms with E-state index in [-0.39, 0.29) is 35.8 Å². The van der Waals surface area contributed by atoms with Crippen LogP contribution in [-0.4, -0.2) is 39.2 Å². The van der Waals surface area contributed by atoms with Gasteiger partial charge in [-0.05, 0) is 37.0 Å². The van der Waals surface area contributed by atoms with Gasteiger partial charge in [0.25, 0.3) is 0 Å². The lowest BCUT2D eigenvalue weighted by atomic mass is 10.1. The lowest BCUT2D eigenvalue weighted by Gasteiger charge is -2.11. The molecule has 0 saturated carbocycles.